The molecule has 0 unspecified atom stereocenters. The van der Waals surface area contributed by atoms with E-state index < -0.39 is 11.9 Å². The number of aryl methyl sites for hydroxylation is 1. The van der Waals surface area contributed by atoms with Crippen LogP contribution >= 0.6 is 0 Å². The van der Waals surface area contributed by atoms with Crippen molar-refractivity contribution in [2.24, 2.45) is 0 Å². The fourth-order valence-electron chi connectivity index (χ4n) is 2.20. The van der Waals surface area contributed by atoms with E-state index in [1.165, 1.54) is 6.07 Å². The molecule has 0 saturated carbocycles. The maximum Gasteiger partial charge on any atom is 0.343 e. The second kappa shape index (κ2) is 7.45. The van der Waals surface area contributed by atoms with Crippen molar-refractivity contribution in [3.8, 4) is 11.5 Å². The molecule has 3 rings (SSSR count). The van der Waals surface area contributed by atoms with Crippen molar-refractivity contribution < 1.29 is 19.1 Å². The highest BCUT2D eigenvalue weighted by Crippen LogP contribution is 2.16. The molecule has 0 heterocycles. The molecule has 0 aliphatic rings. The molecule has 0 saturated heterocycles. The fourth-order valence-corrected chi connectivity index (χ4v) is 2.20. The summed E-state index contributed by atoms with van der Waals surface area (Å²) >= 11 is 0. The lowest BCUT2D eigenvalue weighted by molar-refractivity contribution is 0.0734. The van der Waals surface area contributed by atoms with E-state index >= 15 is 0 Å². The summed E-state index contributed by atoms with van der Waals surface area (Å²) in [5, 5.41) is 0. The van der Waals surface area contributed by atoms with Gasteiger partial charge in [0.1, 0.15) is 11.5 Å². The molecular weight excluding hydrogens is 316 g/mol. The van der Waals surface area contributed by atoms with Gasteiger partial charge >= 0.3 is 11.9 Å². The van der Waals surface area contributed by atoms with Gasteiger partial charge in [-0.25, -0.2) is 9.59 Å². The van der Waals surface area contributed by atoms with Crippen LogP contribution in [0.3, 0.4) is 0 Å². The van der Waals surface area contributed by atoms with Gasteiger partial charge in [0, 0.05) is 0 Å². The Morgan fingerprint density at radius 1 is 0.640 bits per heavy atom. The highest BCUT2D eigenvalue weighted by molar-refractivity contribution is 5.96. The first-order valence-corrected chi connectivity index (χ1v) is 7.78. The Balaban J connectivity index is 1.73. The maximum atomic E-state index is 12.3. The predicted molar refractivity (Wildman–Crippen MR) is 94.0 cm³/mol. The minimum Gasteiger partial charge on any atom is -0.423 e. The summed E-state index contributed by atoms with van der Waals surface area (Å²) in [7, 11) is 0. The highest BCUT2D eigenvalue weighted by atomic mass is 16.5. The Bertz CT molecular complexity index is 883. The Morgan fingerprint density at radius 2 is 1.16 bits per heavy atom. The summed E-state index contributed by atoms with van der Waals surface area (Å²) in [5.41, 5.74) is 1.63. The van der Waals surface area contributed by atoms with Crippen molar-refractivity contribution in [3.05, 3.63) is 95.6 Å². The van der Waals surface area contributed by atoms with Crippen molar-refractivity contribution in [3.63, 3.8) is 0 Å². The van der Waals surface area contributed by atoms with Crippen LogP contribution in [0.2, 0.25) is 0 Å². The van der Waals surface area contributed by atoms with Crippen molar-refractivity contribution in [2.75, 3.05) is 0 Å². The van der Waals surface area contributed by atoms with E-state index in [1.807, 2.05) is 25.1 Å². The lowest BCUT2D eigenvalue weighted by Gasteiger charge is -2.07. The minimum atomic E-state index is -0.531. The summed E-state index contributed by atoms with van der Waals surface area (Å²) in [4.78, 5) is 24.5. The minimum absolute atomic E-state index is 0.280. The number of carbonyl (C=O) groups excluding carboxylic acids is 2. The lowest BCUT2D eigenvalue weighted by atomic mass is 10.1. The van der Waals surface area contributed by atoms with Crippen molar-refractivity contribution >= 4 is 11.9 Å². The summed E-state index contributed by atoms with van der Waals surface area (Å²) in [6.07, 6.45) is 0. The number of benzene rings is 3. The van der Waals surface area contributed by atoms with Crippen LogP contribution in [0.15, 0.2) is 78.9 Å². The number of para-hydroxylation sites is 1. The average Bonchev–Trinajstić information content (AvgIpc) is 2.64. The topological polar surface area (TPSA) is 52.6 Å². The first-order chi connectivity index (χ1) is 12.1. The van der Waals surface area contributed by atoms with Gasteiger partial charge in [0.05, 0.1) is 11.1 Å². The van der Waals surface area contributed by atoms with Crippen LogP contribution < -0.4 is 9.47 Å². The molecule has 4 nitrogen and oxygen atoms in total. The third kappa shape index (κ3) is 4.32. The van der Waals surface area contributed by atoms with E-state index in [9.17, 15) is 9.59 Å². The van der Waals surface area contributed by atoms with Gasteiger partial charge in [-0.1, -0.05) is 42.0 Å². The van der Waals surface area contributed by atoms with Crippen LogP contribution in [0, 0.1) is 6.92 Å². The maximum absolute atomic E-state index is 12.3. The molecule has 4 heteroatoms. The van der Waals surface area contributed by atoms with Gasteiger partial charge in [-0.05, 0) is 49.4 Å². The summed E-state index contributed by atoms with van der Waals surface area (Å²) < 4.78 is 10.6. The quantitative estimate of drug-likeness (QED) is 0.524. The van der Waals surface area contributed by atoms with Crippen LogP contribution in [-0.4, -0.2) is 11.9 Å². The summed E-state index contributed by atoms with van der Waals surface area (Å²) in [6.45, 7) is 1.95. The number of rotatable bonds is 4. The first kappa shape index (κ1) is 16.5. The molecule has 0 bridgehead atoms. The Hall–Kier alpha value is -3.40. The molecule has 3 aromatic rings. The Morgan fingerprint density at radius 3 is 1.72 bits per heavy atom. The molecular formula is C21H16O4. The number of ether oxygens (including phenoxy) is 2. The molecule has 124 valence electrons. The van der Waals surface area contributed by atoms with Gasteiger partial charge in [-0.15, -0.1) is 0 Å². The van der Waals surface area contributed by atoms with Gasteiger partial charge in [0.25, 0.3) is 0 Å². The smallest absolute Gasteiger partial charge is 0.343 e. The van der Waals surface area contributed by atoms with Crippen LogP contribution in [0.1, 0.15) is 26.3 Å². The van der Waals surface area contributed by atoms with Gasteiger partial charge in [0.2, 0.25) is 0 Å². The lowest BCUT2D eigenvalue weighted by Crippen LogP contribution is -2.12. The molecule has 0 aromatic heterocycles. The first-order valence-electron chi connectivity index (χ1n) is 7.78. The monoisotopic (exact) mass is 332 g/mol. The van der Waals surface area contributed by atoms with Crippen molar-refractivity contribution in [2.45, 2.75) is 6.92 Å². The fraction of sp³-hybridized carbons (Fsp3) is 0.0476. The average molecular weight is 332 g/mol. The second-order valence-corrected chi connectivity index (χ2v) is 5.49. The van der Waals surface area contributed by atoms with Gasteiger partial charge in [-0.3, -0.25) is 0 Å². The van der Waals surface area contributed by atoms with E-state index in [1.54, 1.807) is 54.6 Å². The largest absolute Gasteiger partial charge is 0.423 e. The zero-order valence-electron chi connectivity index (χ0n) is 13.6. The van der Waals surface area contributed by atoms with E-state index in [0.717, 1.165) is 5.56 Å². The molecule has 0 fully saturated rings. The molecule has 25 heavy (non-hydrogen) atoms. The number of carbonyl (C=O) groups is 2. The number of hydrogen-bond donors (Lipinski definition) is 0. The van der Waals surface area contributed by atoms with Crippen molar-refractivity contribution in [1.82, 2.24) is 0 Å². The molecule has 3 aromatic carbocycles. The summed E-state index contributed by atoms with van der Waals surface area (Å²) in [6, 6.07) is 22.2. The second-order valence-electron chi connectivity index (χ2n) is 5.49. The SMILES string of the molecule is Cc1ccc(OC(=O)c2cccc(C(=O)Oc3ccccc3)c2)cc1. The molecule has 0 spiro atoms. The standard InChI is InChI=1S/C21H16O4/c1-15-10-12-19(13-11-15)25-21(23)17-7-5-6-16(14-17)20(22)24-18-8-3-2-4-9-18/h2-14H,1H3. The molecule has 0 atom stereocenters. The zero-order chi connectivity index (χ0) is 17.6. The molecule has 0 N–H and O–H groups in total. The molecule has 0 amide bonds. The van der Waals surface area contributed by atoms with Crippen LogP contribution in [-0.2, 0) is 0 Å². The van der Waals surface area contributed by atoms with Gasteiger partial charge < -0.3 is 9.47 Å². The highest BCUT2D eigenvalue weighted by Gasteiger charge is 2.14. The number of esters is 2. The van der Waals surface area contributed by atoms with Gasteiger partial charge in [-0.2, -0.15) is 0 Å². The normalized spacial score (nSPS) is 10.1. The predicted octanol–water partition coefficient (Wildman–Crippen LogP) is 4.43. The Kier molecular flexibility index (Phi) is 4.90. The van der Waals surface area contributed by atoms with E-state index in [2.05, 4.69) is 0 Å². The molecule has 0 aliphatic carbocycles. The zero-order valence-corrected chi connectivity index (χ0v) is 13.6. The van der Waals surface area contributed by atoms with Crippen LogP contribution in [0.4, 0.5) is 0 Å². The van der Waals surface area contributed by atoms with E-state index in [-0.39, 0.29) is 11.1 Å². The Labute approximate surface area is 145 Å². The van der Waals surface area contributed by atoms with Crippen LogP contribution in [0.25, 0.3) is 0 Å². The third-order valence-corrected chi connectivity index (χ3v) is 3.52. The van der Waals surface area contributed by atoms with Crippen LogP contribution in [0.5, 0.6) is 11.5 Å². The van der Waals surface area contributed by atoms with Gasteiger partial charge in [0.15, 0.2) is 0 Å². The van der Waals surface area contributed by atoms with E-state index in [4.69, 9.17) is 9.47 Å². The summed E-state index contributed by atoms with van der Waals surface area (Å²) in [5.74, 6) is -0.164. The molecule has 0 radical (unpaired) electrons. The third-order valence-electron chi connectivity index (χ3n) is 3.52. The molecule has 0 aliphatic heterocycles. The van der Waals surface area contributed by atoms with E-state index in [0.29, 0.717) is 11.5 Å². The number of hydrogen-bond acceptors (Lipinski definition) is 4. The van der Waals surface area contributed by atoms with Crippen molar-refractivity contribution in [1.29, 1.82) is 0 Å².